The van der Waals surface area contributed by atoms with Gasteiger partial charge in [0.15, 0.2) is 21.5 Å². The SMILES string of the molecule is CS(=O)(=O)c1c(C(=O)Cl)ccc(F)c1F. The second kappa shape index (κ2) is 3.86. The zero-order valence-electron chi connectivity index (χ0n) is 7.42. The summed E-state index contributed by atoms with van der Waals surface area (Å²) in [5, 5.41) is -1.16. The van der Waals surface area contributed by atoms with E-state index in [0.29, 0.717) is 12.3 Å². The molecule has 1 rings (SSSR count). The Hall–Kier alpha value is -1.01. The molecular weight excluding hydrogens is 250 g/mol. The van der Waals surface area contributed by atoms with Crippen molar-refractivity contribution >= 4 is 26.7 Å². The van der Waals surface area contributed by atoms with Crippen molar-refractivity contribution in [2.75, 3.05) is 6.26 Å². The van der Waals surface area contributed by atoms with Gasteiger partial charge in [-0.15, -0.1) is 0 Å². The zero-order valence-corrected chi connectivity index (χ0v) is 8.99. The van der Waals surface area contributed by atoms with Crippen LogP contribution in [-0.4, -0.2) is 19.9 Å². The molecule has 0 bridgehead atoms. The summed E-state index contributed by atoms with van der Waals surface area (Å²) in [5.41, 5.74) is -0.571. The normalized spacial score (nSPS) is 11.5. The molecule has 0 N–H and O–H groups in total. The monoisotopic (exact) mass is 254 g/mol. The van der Waals surface area contributed by atoms with Crippen LogP contribution in [0.15, 0.2) is 17.0 Å². The standard InChI is InChI=1S/C8H5ClF2O3S/c1-15(13,14)7-4(8(9)12)2-3-5(10)6(7)11/h2-3H,1H3. The smallest absolute Gasteiger partial charge is 0.253 e. The first-order valence-corrected chi connectivity index (χ1v) is 5.90. The van der Waals surface area contributed by atoms with Crippen molar-refractivity contribution < 1.29 is 22.0 Å². The van der Waals surface area contributed by atoms with Crippen LogP contribution >= 0.6 is 11.6 Å². The lowest BCUT2D eigenvalue weighted by molar-refractivity contribution is 0.107. The minimum atomic E-state index is -4.05. The number of benzene rings is 1. The first kappa shape index (κ1) is 12.1. The van der Waals surface area contributed by atoms with Gasteiger partial charge in [-0.2, -0.15) is 0 Å². The summed E-state index contributed by atoms with van der Waals surface area (Å²) >= 11 is 5.05. The van der Waals surface area contributed by atoms with Crippen LogP contribution in [0.1, 0.15) is 10.4 Å². The molecule has 3 nitrogen and oxygen atoms in total. The van der Waals surface area contributed by atoms with Gasteiger partial charge in [0.1, 0.15) is 4.90 Å². The molecule has 0 fully saturated rings. The second-order valence-electron chi connectivity index (χ2n) is 2.78. The molecule has 15 heavy (non-hydrogen) atoms. The van der Waals surface area contributed by atoms with E-state index >= 15 is 0 Å². The number of carbonyl (C=O) groups is 1. The van der Waals surface area contributed by atoms with Gasteiger partial charge in [-0.25, -0.2) is 17.2 Å². The van der Waals surface area contributed by atoms with Gasteiger partial charge in [0, 0.05) is 6.26 Å². The lowest BCUT2D eigenvalue weighted by Gasteiger charge is -2.05. The summed E-state index contributed by atoms with van der Waals surface area (Å²) in [5.74, 6) is -2.94. The van der Waals surface area contributed by atoms with E-state index in [1.165, 1.54) is 0 Å². The van der Waals surface area contributed by atoms with Crippen LogP contribution in [0.2, 0.25) is 0 Å². The first-order valence-electron chi connectivity index (χ1n) is 3.63. The number of carbonyl (C=O) groups excluding carboxylic acids is 1. The molecule has 0 heterocycles. The van der Waals surface area contributed by atoms with Crippen molar-refractivity contribution in [1.82, 2.24) is 0 Å². The van der Waals surface area contributed by atoms with Crippen molar-refractivity contribution in [1.29, 1.82) is 0 Å². The molecule has 0 aliphatic heterocycles. The molecule has 0 unspecified atom stereocenters. The summed E-state index contributed by atoms with van der Waals surface area (Å²) in [7, 11) is -4.05. The third kappa shape index (κ3) is 2.32. The van der Waals surface area contributed by atoms with Crippen LogP contribution in [0, 0.1) is 11.6 Å². The van der Waals surface area contributed by atoms with Gasteiger partial charge in [0.2, 0.25) is 0 Å². The molecule has 0 aromatic heterocycles. The third-order valence-corrected chi connectivity index (χ3v) is 2.98. The van der Waals surface area contributed by atoms with E-state index in [-0.39, 0.29) is 0 Å². The summed E-state index contributed by atoms with van der Waals surface area (Å²) in [6.07, 6.45) is 0.661. The van der Waals surface area contributed by atoms with Gasteiger partial charge >= 0.3 is 0 Å². The van der Waals surface area contributed by atoms with Crippen molar-refractivity contribution in [2.24, 2.45) is 0 Å². The van der Waals surface area contributed by atoms with E-state index < -0.39 is 37.2 Å². The van der Waals surface area contributed by atoms with E-state index in [1.54, 1.807) is 0 Å². The van der Waals surface area contributed by atoms with Crippen molar-refractivity contribution in [2.45, 2.75) is 4.90 Å². The highest BCUT2D eigenvalue weighted by Gasteiger charge is 2.24. The quantitative estimate of drug-likeness (QED) is 0.756. The van der Waals surface area contributed by atoms with Crippen LogP contribution in [0.5, 0.6) is 0 Å². The Balaban J connectivity index is 3.72. The molecule has 0 amide bonds. The van der Waals surface area contributed by atoms with Gasteiger partial charge in [0.05, 0.1) is 5.56 Å². The van der Waals surface area contributed by atoms with Gasteiger partial charge in [-0.3, -0.25) is 4.79 Å². The van der Waals surface area contributed by atoms with Gasteiger partial charge in [-0.05, 0) is 23.7 Å². The number of hydrogen-bond acceptors (Lipinski definition) is 3. The third-order valence-electron chi connectivity index (χ3n) is 1.63. The Morgan fingerprint density at radius 2 is 1.87 bits per heavy atom. The number of hydrogen-bond donors (Lipinski definition) is 0. The second-order valence-corrected chi connectivity index (χ2v) is 5.08. The van der Waals surface area contributed by atoms with E-state index in [2.05, 4.69) is 0 Å². The van der Waals surface area contributed by atoms with Gasteiger partial charge < -0.3 is 0 Å². The molecular formula is C8H5ClF2O3S. The molecule has 0 aliphatic rings. The number of halogens is 3. The average molecular weight is 255 g/mol. The molecule has 1 aromatic carbocycles. The van der Waals surface area contributed by atoms with E-state index in [0.717, 1.165) is 6.07 Å². The maximum Gasteiger partial charge on any atom is 0.253 e. The van der Waals surface area contributed by atoms with Crippen LogP contribution in [0.25, 0.3) is 0 Å². The largest absolute Gasteiger partial charge is 0.276 e. The van der Waals surface area contributed by atoms with Crippen LogP contribution in [0.4, 0.5) is 8.78 Å². The number of sulfone groups is 1. The van der Waals surface area contributed by atoms with Crippen LogP contribution in [-0.2, 0) is 9.84 Å². The molecule has 7 heteroatoms. The Labute approximate surface area is 89.6 Å². The number of rotatable bonds is 2. The predicted molar refractivity (Wildman–Crippen MR) is 49.7 cm³/mol. The molecule has 0 spiro atoms. The highest BCUT2D eigenvalue weighted by atomic mass is 35.5. The topological polar surface area (TPSA) is 51.2 Å². The molecule has 0 saturated heterocycles. The van der Waals surface area contributed by atoms with Crippen molar-refractivity contribution in [3.05, 3.63) is 29.3 Å². The first-order chi connectivity index (χ1) is 6.75. The van der Waals surface area contributed by atoms with Crippen molar-refractivity contribution in [3.8, 4) is 0 Å². The molecule has 0 radical (unpaired) electrons. The molecule has 1 aromatic rings. The lowest BCUT2D eigenvalue weighted by atomic mass is 10.2. The van der Waals surface area contributed by atoms with Gasteiger partial charge in [-0.1, -0.05) is 0 Å². The summed E-state index contributed by atoms with van der Waals surface area (Å²) < 4.78 is 48.1. The minimum absolute atomic E-state index is 0.571. The predicted octanol–water partition coefficient (Wildman–Crippen LogP) is 1.75. The average Bonchev–Trinajstić information content (AvgIpc) is 2.06. The molecule has 0 aliphatic carbocycles. The Morgan fingerprint density at radius 1 is 1.33 bits per heavy atom. The van der Waals surface area contributed by atoms with Crippen LogP contribution in [0.3, 0.4) is 0 Å². The van der Waals surface area contributed by atoms with E-state index in [1.807, 2.05) is 0 Å². The fourth-order valence-electron chi connectivity index (χ4n) is 1.05. The summed E-state index contributed by atoms with van der Waals surface area (Å²) in [4.78, 5) is 9.78. The molecule has 0 atom stereocenters. The summed E-state index contributed by atoms with van der Waals surface area (Å²) in [6.45, 7) is 0. The van der Waals surface area contributed by atoms with Crippen LogP contribution < -0.4 is 0 Å². The maximum atomic E-state index is 13.2. The molecule has 82 valence electrons. The highest BCUT2D eigenvalue weighted by Crippen LogP contribution is 2.23. The summed E-state index contributed by atoms with van der Waals surface area (Å²) in [6, 6.07) is 1.46. The Kier molecular flexibility index (Phi) is 3.11. The zero-order chi connectivity index (χ0) is 11.8. The fourth-order valence-corrected chi connectivity index (χ4v) is 2.25. The van der Waals surface area contributed by atoms with E-state index in [4.69, 9.17) is 11.6 Å². The molecule has 0 saturated carbocycles. The van der Waals surface area contributed by atoms with E-state index in [9.17, 15) is 22.0 Å². The minimum Gasteiger partial charge on any atom is -0.276 e. The maximum absolute atomic E-state index is 13.2. The van der Waals surface area contributed by atoms with Gasteiger partial charge in [0.25, 0.3) is 5.24 Å². The Morgan fingerprint density at radius 3 is 2.27 bits per heavy atom. The highest BCUT2D eigenvalue weighted by molar-refractivity contribution is 7.90. The van der Waals surface area contributed by atoms with Crippen molar-refractivity contribution in [3.63, 3.8) is 0 Å². The lowest BCUT2D eigenvalue weighted by Crippen LogP contribution is -2.09. The Bertz CT molecular complexity index is 525. The fraction of sp³-hybridized carbons (Fsp3) is 0.125.